The highest BCUT2D eigenvalue weighted by atomic mass is 32.1. The average molecular weight is 412 g/mol. The van der Waals surface area contributed by atoms with Crippen molar-refractivity contribution in [2.45, 2.75) is 44.2 Å². The first-order valence-corrected chi connectivity index (χ1v) is 11.5. The molecule has 154 valence electrons. The number of fused-ring (bicyclic) bond motifs is 1. The van der Waals surface area contributed by atoms with Gasteiger partial charge >= 0.3 is 0 Å². The van der Waals surface area contributed by atoms with Crippen LogP contribution in [0.5, 0.6) is 0 Å². The Balaban J connectivity index is 1.15. The number of likely N-dealkylation sites (N-methyl/N-ethyl adjacent to an activating group) is 1. The summed E-state index contributed by atoms with van der Waals surface area (Å²) in [6.45, 7) is 4.23. The number of aromatic nitrogens is 1. The van der Waals surface area contributed by atoms with Crippen LogP contribution in [-0.2, 0) is 24.2 Å². The minimum Gasteiger partial charge on any atom is -0.376 e. The molecule has 0 saturated carbocycles. The van der Waals surface area contributed by atoms with E-state index in [9.17, 15) is 4.79 Å². The van der Waals surface area contributed by atoms with E-state index in [1.165, 1.54) is 28.8 Å². The highest BCUT2D eigenvalue weighted by Gasteiger charge is 2.51. The van der Waals surface area contributed by atoms with Crippen molar-refractivity contribution in [1.29, 1.82) is 0 Å². The number of piperidine rings is 1. The van der Waals surface area contributed by atoms with Crippen LogP contribution in [0, 0.1) is 5.92 Å². The molecule has 2 aromatic heterocycles. The molecular weight excluding hydrogens is 382 g/mol. The summed E-state index contributed by atoms with van der Waals surface area (Å²) in [4.78, 5) is 23.9. The predicted molar refractivity (Wildman–Crippen MR) is 114 cm³/mol. The van der Waals surface area contributed by atoms with Gasteiger partial charge in [-0.3, -0.25) is 14.7 Å². The zero-order chi connectivity index (χ0) is 19.8. The normalized spacial score (nSPS) is 23.2. The second kappa shape index (κ2) is 7.82. The Morgan fingerprint density at radius 1 is 1.31 bits per heavy atom. The SMILES string of the molecule is CN1CC[C@@H](COCc2ccncc2)CC12CN(C(=O)c1cc3c(s1)CCC3)C2. The lowest BCUT2D eigenvalue weighted by Gasteiger charge is -2.58. The fraction of sp³-hybridized carbons (Fsp3) is 0.565. The molecule has 5 nitrogen and oxygen atoms in total. The number of ether oxygens (including phenoxy) is 1. The van der Waals surface area contributed by atoms with Crippen molar-refractivity contribution in [3.63, 3.8) is 0 Å². The van der Waals surface area contributed by atoms with Gasteiger partial charge in [-0.25, -0.2) is 0 Å². The summed E-state index contributed by atoms with van der Waals surface area (Å²) in [5.41, 5.74) is 2.72. The molecule has 4 heterocycles. The van der Waals surface area contributed by atoms with E-state index >= 15 is 0 Å². The van der Waals surface area contributed by atoms with Crippen molar-refractivity contribution in [2.75, 3.05) is 33.3 Å². The van der Waals surface area contributed by atoms with E-state index in [-0.39, 0.29) is 11.4 Å². The van der Waals surface area contributed by atoms with Gasteiger partial charge < -0.3 is 9.64 Å². The number of rotatable bonds is 5. The van der Waals surface area contributed by atoms with Crippen LogP contribution in [0.1, 0.15) is 44.9 Å². The van der Waals surface area contributed by atoms with E-state index in [0.717, 1.165) is 50.4 Å². The fourth-order valence-corrected chi connectivity index (χ4v) is 6.36. The number of amides is 1. The van der Waals surface area contributed by atoms with E-state index < -0.39 is 0 Å². The lowest BCUT2D eigenvalue weighted by molar-refractivity contribution is -0.0766. The largest absolute Gasteiger partial charge is 0.376 e. The third kappa shape index (κ3) is 3.74. The van der Waals surface area contributed by atoms with Gasteiger partial charge in [-0.2, -0.15) is 0 Å². The Morgan fingerprint density at radius 3 is 2.93 bits per heavy atom. The van der Waals surface area contributed by atoms with Crippen LogP contribution >= 0.6 is 11.3 Å². The second-order valence-corrected chi connectivity index (χ2v) is 10.1. The lowest BCUT2D eigenvalue weighted by atomic mass is 9.75. The molecular formula is C23H29N3O2S. The summed E-state index contributed by atoms with van der Waals surface area (Å²) in [7, 11) is 2.22. The summed E-state index contributed by atoms with van der Waals surface area (Å²) < 4.78 is 6.01. The molecule has 0 aromatic carbocycles. The molecule has 6 heteroatoms. The number of thiophene rings is 1. The van der Waals surface area contributed by atoms with Gasteiger partial charge in [0.2, 0.25) is 0 Å². The number of carbonyl (C=O) groups excluding carboxylic acids is 1. The van der Waals surface area contributed by atoms with Gasteiger partial charge in [-0.1, -0.05) is 0 Å². The summed E-state index contributed by atoms with van der Waals surface area (Å²) in [5, 5.41) is 0. The molecule has 0 N–H and O–H groups in total. The number of likely N-dealkylation sites (tertiary alicyclic amines) is 2. The molecule has 2 aromatic rings. The number of pyridine rings is 1. The van der Waals surface area contributed by atoms with Crippen LogP contribution in [0.2, 0.25) is 0 Å². The highest BCUT2D eigenvalue weighted by molar-refractivity contribution is 7.14. The summed E-state index contributed by atoms with van der Waals surface area (Å²) in [6.07, 6.45) is 9.45. The molecule has 2 aliphatic heterocycles. The van der Waals surface area contributed by atoms with Gasteiger partial charge in [0.1, 0.15) is 0 Å². The Labute approximate surface area is 176 Å². The molecule has 3 aliphatic rings. The Hall–Kier alpha value is -1.76. The van der Waals surface area contributed by atoms with Crippen LogP contribution in [0.3, 0.4) is 0 Å². The number of aryl methyl sites for hydroxylation is 2. The predicted octanol–water partition coefficient (Wildman–Crippen LogP) is 3.39. The quantitative estimate of drug-likeness (QED) is 0.757. The molecule has 0 bridgehead atoms. The van der Waals surface area contributed by atoms with Crippen LogP contribution < -0.4 is 0 Å². The zero-order valence-electron chi connectivity index (χ0n) is 17.1. The number of nitrogens with zero attached hydrogens (tertiary/aromatic N) is 3. The van der Waals surface area contributed by atoms with Crippen molar-refractivity contribution in [2.24, 2.45) is 5.92 Å². The summed E-state index contributed by atoms with van der Waals surface area (Å²) in [6, 6.07) is 6.17. The average Bonchev–Trinajstić information content (AvgIpc) is 3.30. The molecule has 1 atom stereocenters. The van der Waals surface area contributed by atoms with Gasteiger partial charge in [-0.05, 0) is 80.9 Å². The van der Waals surface area contributed by atoms with Crippen molar-refractivity contribution in [3.05, 3.63) is 51.5 Å². The minimum absolute atomic E-state index is 0.137. The smallest absolute Gasteiger partial charge is 0.264 e. The first-order chi connectivity index (χ1) is 14.1. The molecule has 1 spiro atoms. The number of carbonyl (C=O) groups is 1. The monoisotopic (exact) mass is 411 g/mol. The van der Waals surface area contributed by atoms with E-state index in [1.807, 2.05) is 24.5 Å². The molecule has 0 radical (unpaired) electrons. The topological polar surface area (TPSA) is 45.7 Å². The molecule has 29 heavy (non-hydrogen) atoms. The van der Waals surface area contributed by atoms with Crippen LogP contribution in [0.4, 0.5) is 0 Å². The first kappa shape index (κ1) is 19.2. The van der Waals surface area contributed by atoms with Crippen molar-refractivity contribution in [3.8, 4) is 0 Å². The molecule has 1 amide bonds. The van der Waals surface area contributed by atoms with Gasteiger partial charge in [0.15, 0.2) is 0 Å². The molecule has 5 rings (SSSR count). The van der Waals surface area contributed by atoms with Crippen molar-refractivity contribution < 1.29 is 9.53 Å². The van der Waals surface area contributed by atoms with Gasteiger partial charge in [0, 0.05) is 37.0 Å². The number of hydrogen-bond donors (Lipinski definition) is 0. The minimum atomic E-state index is 0.137. The van der Waals surface area contributed by atoms with Crippen molar-refractivity contribution in [1.82, 2.24) is 14.8 Å². The molecule has 2 saturated heterocycles. The molecule has 1 aliphatic carbocycles. The highest BCUT2D eigenvalue weighted by Crippen LogP contribution is 2.40. The van der Waals surface area contributed by atoms with Gasteiger partial charge in [0.25, 0.3) is 5.91 Å². The number of hydrogen-bond acceptors (Lipinski definition) is 5. The maximum Gasteiger partial charge on any atom is 0.264 e. The molecule has 2 fully saturated rings. The molecule has 0 unspecified atom stereocenters. The fourth-order valence-electron chi connectivity index (χ4n) is 5.14. The lowest BCUT2D eigenvalue weighted by Crippen LogP contribution is -2.72. The van der Waals surface area contributed by atoms with Crippen LogP contribution in [-0.4, -0.2) is 59.5 Å². The zero-order valence-corrected chi connectivity index (χ0v) is 17.9. The van der Waals surface area contributed by atoms with Gasteiger partial charge in [-0.15, -0.1) is 11.3 Å². The first-order valence-electron chi connectivity index (χ1n) is 10.7. The van der Waals surface area contributed by atoms with Gasteiger partial charge in [0.05, 0.1) is 17.0 Å². The standard InChI is InChI=1S/C23H29N3O2S/c1-25-10-7-18(14-28-13-17-5-8-24-9-6-17)12-23(25)15-26(16-23)22(27)21-11-19-3-2-4-20(19)29-21/h5-6,8-9,11,18H,2-4,7,10,12-16H2,1H3/t18-/m1/s1. The maximum atomic E-state index is 13.0. The van der Waals surface area contributed by atoms with Crippen LogP contribution in [0.15, 0.2) is 30.6 Å². The maximum absolute atomic E-state index is 13.0. The van der Waals surface area contributed by atoms with E-state index in [2.05, 4.69) is 27.9 Å². The summed E-state index contributed by atoms with van der Waals surface area (Å²) in [5.74, 6) is 0.801. The summed E-state index contributed by atoms with van der Waals surface area (Å²) >= 11 is 1.72. The Morgan fingerprint density at radius 2 is 2.14 bits per heavy atom. The third-order valence-electron chi connectivity index (χ3n) is 6.94. The second-order valence-electron chi connectivity index (χ2n) is 8.95. The van der Waals surface area contributed by atoms with Crippen molar-refractivity contribution >= 4 is 17.2 Å². The van der Waals surface area contributed by atoms with E-state index in [0.29, 0.717) is 12.5 Å². The van der Waals surface area contributed by atoms with Crippen LogP contribution in [0.25, 0.3) is 0 Å². The third-order valence-corrected chi connectivity index (χ3v) is 8.16. The Kier molecular flexibility index (Phi) is 5.18. The Bertz CT molecular complexity index is 854. The van der Waals surface area contributed by atoms with E-state index in [4.69, 9.17) is 4.74 Å². The van der Waals surface area contributed by atoms with E-state index in [1.54, 1.807) is 11.3 Å².